The van der Waals surface area contributed by atoms with Crippen molar-refractivity contribution in [3.05, 3.63) is 12.7 Å². The number of rotatable bonds is 7. The van der Waals surface area contributed by atoms with Crippen LogP contribution in [0.3, 0.4) is 0 Å². The summed E-state index contributed by atoms with van der Waals surface area (Å²) < 4.78 is 12.2. The molecule has 1 spiro atoms. The molecule has 1 aliphatic heterocycles. The van der Waals surface area contributed by atoms with E-state index in [9.17, 15) is 0 Å². The highest BCUT2D eigenvalue weighted by Crippen LogP contribution is 2.41. The van der Waals surface area contributed by atoms with E-state index in [-0.39, 0.29) is 5.79 Å². The average molecular weight is 295 g/mol. The Bertz CT molecular complexity index is 302. The lowest BCUT2D eigenvalue weighted by Gasteiger charge is -2.46. The molecule has 3 nitrogen and oxygen atoms in total. The van der Waals surface area contributed by atoms with Gasteiger partial charge < -0.3 is 14.8 Å². The number of nitrogens with one attached hydrogen (secondary N) is 1. The topological polar surface area (TPSA) is 30.5 Å². The van der Waals surface area contributed by atoms with Gasteiger partial charge in [0.1, 0.15) is 0 Å². The molecule has 0 bridgehead atoms. The molecule has 2 rings (SSSR count). The van der Waals surface area contributed by atoms with Crippen LogP contribution in [0.2, 0.25) is 0 Å². The van der Waals surface area contributed by atoms with Crippen LogP contribution in [0.5, 0.6) is 0 Å². The first kappa shape index (κ1) is 17.0. The quantitative estimate of drug-likeness (QED) is 0.723. The third-order valence-corrected chi connectivity index (χ3v) is 5.06. The summed E-state index contributed by atoms with van der Waals surface area (Å²) in [5.41, 5.74) is 0. The van der Waals surface area contributed by atoms with E-state index in [0.29, 0.717) is 17.9 Å². The lowest BCUT2D eigenvalue weighted by molar-refractivity contribution is -0.306. The summed E-state index contributed by atoms with van der Waals surface area (Å²) in [5, 5.41) is 3.71. The van der Waals surface area contributed by atoms with E-state index in [1.54, 1.807) is 0 Å². The van der Waals surface area contributed by atoms with Crippen LogP contribution in [0.1, 0.15) is 58.8 Å². The average Bonchev–Trinajstić information content (AvgIpc) is 2.49. The normalized spacial score (nSPS) is 26.9. The van der Waals surface area contributed by atoms with Crippen LogP contribution in [-0.2, 0) is 9.47 Å². The van der Waals surface area contributed by atoms with Gasteiger partial charge in [-0.25, -0.2) is 0 Å². The Morgan fingerprint density at radius 3 is 2.67 bits per heavy atom. The highest BCUT2D eigenvalue weighted by Gasteiger charge is 2.43. The molecular weight excluding hydrogens is 262 g/mol. The molecule has 1 N–H and O–H groups in total. The molecule has 2 aliphatic rings. The Labute approximate surface area is 130 Å². The summed E-state index contributed by atoms with van der Waals surface area (Å²) in [6.07, 6.45) is 10.2. The van der Waals surface area contributed by atoms with Gasteiger partial charge in [0.05, 0.1) is 13.2 Å². The Morgan fingerprint density at radius 1 is 1.24 bits per heavy atom. The summed E-state index contributed by atoms with van der Waals surface area (Å²) in [5.74, 6) is 0.935. The van der Waals surface area contributed by atoms with Gasteiger partial charge in [-0.2, -0.15) is 0 Å². The second-order valence-electron chi connectivity index (χ2n) is 6.92. The van der Waals surface area contributed by atoms with E-state index in [1.807, 2.05) is 6.08 Å². The van der Waals surface area contributed by atoms with E-state index in [2.05, 4.69) is 25.7 Å². The van der Waals surface area contributed by atoms with Gasteiger partial charge in [-0.3, -0.25) is 0 Å². The molecule has 1 saturated carbocycles. The maximum atomic E-state index is 6.11. The van der Waals surface area contributed by atoms with Crippen LogP contribution in [0, 0.1) is 11.8 Å². The highest BCUT2D eigenvalue weighted by molar-refractivity contribution is 4.87. The lowest BCUT2D eigenvalue weighted by Crippen LogP contribution is -2.50. The van der Waals surface area contributed by atoms with Crippen LogP contribution in [0.4, 0.5) is 0 Å². The fourth-order valence-corrected chi connectivity index (χ4v) is 3.73. The van der Waals surface area contributed by atoms with Gasteiger partial charge in [0.25, 0.3) is 0 Å². The van der Waals surface area contributed by atoms with Crippen LogP contribution >= 0.6 is 0 Å². The first-order valence-corrected chi connectivity index (χ1v) is 8.80. The Balaban J connectivity index is 1.83. The zero-order valence-corrected chi connectivity index (χ0v) is 13.9. The first-order valence-electron chi connectivity index (χ1n) is 8.80. The summed E-state index contributed by atoms with van der Waals surface area (Å²) in [7, 11) is 0. The van der Waals surface area contributed by atoms with Gasteiger partial charge in [-0.05, 0) is 44.6 Å². The molecule has 1 heterocycles. The minimum atomic E-state index is -0.260. The minimum Gasteiger partial charge on any atom is -0.350 e. The monoisotopic (exact) mass is 295 g/mol. The summed E-state index contributed by atoms with van der Waals surface area (Å²) in [6, 6.07) is 0.537. The second-order valence-corrected chi connectivity index (χ2v) is 6.92. The van der Waals surface area contributed by atoms with Gasteiger partial charge in [0.15, 0.2) is 5.79 Å². The molecule has 2 fully saturated rings. The molecule has 0 radical (unpaired) electrons. The minimum absolute atomic E-state index is 0.260. The van der Waals surface area contributed by atoms with E-state index in [4.69, 9.17) is 9.47 Å². The van der Waals surface area contributed by atoms with E-state index in [0.717, 1.165) is 45.4 Å². The molecule has 1 aliphatic carbocycles. The van der Waals surface area contributed by atoms with Crippen molar-refractivity contribution in [2.45, 2.75) is 70.6 Å². The number of hydrogen-bond donors (Lipinski definition) is 1. The van der Waals surface area contributed by atoms with Crippen molar-refractivity contribution in [2.75, 3.05) is 19.8 Å². The first-order chi connectivity index (χ1) is 10.2. The fourth-order valence-electron chi connectivity index (χ4n) is 3.73. The van der Waals surface area contributed by atoms with Gasteiger partial charge in [-0.15, -0.1) is 6.58 Å². The van der Waals surface area contributed by atoms with Crippen LogP contribution in [0.25, 0.3) is 0 Å². The van der Waals surface area contributed by atoms with Crippen molar-refractivity contribution in [3.8, 4) is 0 Å². The molecule has 0 aromatic heterocycles. The van der Waals surface area contributed by atoms with Crippen molar-refractivity contribution < 1.29 is 9.47 Å². The SMILES string of the molecule is C=CCC(NCCC1CCCCC12OCCCO2)C(C)C. The molecule has 0 aromatic carbocycles. The predicted molar refractivity (Wildman–Crippen MR) is 87.3 cm³/mol. The van der Waals surface area contributed by atoms with Crippen LogP contribution < -0.4 is 5.32 Å². The smallest absolute Gasteiger partial charge is 0.171 e. The van der Waals surface area contributed by atoms with Crippen molar-refractivity contribution in [1.29, 1.82) is 0 Å². The summed E-state index contributed by atoms with van der Waals surface area (Å²) >= 11 is 0. The third kappa shape index (κ3) is 4.54. The third-order valence-electron chi connectivity index (χ3n) is 5.06. The maximum Gasteiger partial charge on any atom is 0.171 e. The molecule has 2 atom stereocenters. The van der Waals surface area contributed by atoms with Crippen LogP contribution in [0.15, 0.2) is 12.7 Å². The maximum absolute atomic E-state index is 6.11. The van der Waals surface area contributed by atoms with E-state index in [1.165, 1.54) is 19.3 Å². The highest BCUT2D eigenvalue weighted by atomic mass is 16.7. The van der Waals surface area contributed by atoms with Gasteiger partial charge in [-0.1, -0.05) is 26.3 Å². The summed E-state index contributed by atoms with van der Waals surface area (Å²) in [6.45, 7) is 11.2. The van der Waals surface area contributed by atoms with Crippen molar-refractivity contribution >= 4 is 0 Å². The van der Waals surface area contributed by atoms with Crippen molar-refractivity contribution in [1.82, 2.24) is 5.32 Å². The van der Waals surface area contributed by atoms with E-state index >= 15 is 0 Å². The Morgan fingerprint density at radius 2 is 2.00 bits per heavy atom. The molecule has 3 heteroatoms. The Kier molecular flexibility index (Phi) is 6.72. The zero-order chi connectivity index (χ0) is 15.1. The number of ether oxygens (including phenoxy) is 2. The summed E-state index contributed by atoms with van der Waals surface area (Å²) in [4.78, 5) is 0. The Hall–Kier alpha value is -0.380. The molecule has 2 unspecified atom stereocenters. The fraction of sp³-hybridized carbons (Fsp3) is 0.889. The molecule has 21 heavy (non-hydrogen) atoms. The molecule has 122 valence electrons. The molecular formula is C18H33NO2. The van der Waals surface area contributed by atoms with Gasteiger partial charge in [0, 0.05) is 18.4 Å². The number of hydrogen-bond acceptors (Lipinski definition) is 3. The van der Waals surface area contributed by atoms with Crippen molar-refractivity contribution in [3.63, 3.8) is 0 Å². The largest absolute Gasteiger partial charge is 0.350 e. The molecule has 0 amide bonds. The van der Waals surface area contributed by atoms with Crippen molar-refractivity contribution in [2.24, 2.45) is 11.8 Å². The molecule has 0 aromatic rings. The zero-order valence-electron chi connectivity index (χ0n) is 13.9. The van der Waals surface area contributed by atoms with E-state index < -0.39 is 0 Å². The van der Waals surface area contributed by atoms with Gasteiger partial charge >= 0.3 is 0 Å². The standard InChI is InChI=1S/C18H33NO2/c1-4-8-17(15(2)3)19-12-10-16-9-5-6-11-18(16)20-13-7-14-21-18/h4,15-17,19H,1,5-14H2,2-3H3. The second kappa shape index (κ2) is 8.30. The predicted octanol–water partition coefficient (Wildman–Crippen LogP) is 3.89. The van der Waals surface area contributed by atoms with Gasteiger partial charge in [0.2, 0.25) is 0 Å². The molecule has 1 saturated heterocycles. The van der Waals surface area contributed by atoms with Crippen LogP contribution in [-0.4, -0.2) is 31.6 Å². The lowest BCUT2D eigenvalue weighted by atomic mass is 9.80.